The van der Waals surface area contributed by atoms with E-state index in [0.29, 0.717) is 20.7 Å². The Morgan fingerprint density at radius 3 is 2.68 bits per heavy atom. The number of nitrogens with zero attached hydrogens (tertiary/aromatic N) is 1. The van der Waals surface area contributed by atoms with Gasteiger partial charge in [0.1, 0.15) is 0 Å². The Balaban J connectivity index is 2.25. The monoisotopic (exact) mass is 340 g/mol. The fraction of sp³-hybridized carbons (Fsp3) is 0.0769. The maximum Gasteiger partial charge on any atom is 0.255 e. The van der Waals surface area contributed by atoms with Gasteiger partial charge in [-0.2, -0.15) is 0 Å². The predicted molar refractivity (Wildman–Crippen MR) is 78.8 cm³/mol. The van der Waals surface area contributed by atoms with E-state index in [-0.39, 0.29) is 11.5 Å². The maximum absolute atomic E-state index is 12.0. The standard InChI is InChI=1S/C13H10BrClN2O2/c1-17-5-4-8(6-12(17)18)13(19)16-11-3-2-9(15)7-10(11)14/h2-7H,1H3,(H,16,19). The number of hydrogen-bond acceptors (Lipinski definition) is 2. The third-order valence-electron chi connectivity index (χ3n) is 2.55. The van der Waals surface area contributed by atoms with Crippen LogP contribution in [0, 0.1) is 0 Å². The fourth-order valence-corrected chi connectivity index (χ4v) is 2.26. The first-order valence-electron chi connectivity index (χ1n) is 5.40. The summed E-state index contributed by atoms with van der Waals surface area (Å²) in [6.45, 7) is 0. The molecular formula is C13H10BrClN2O2. The molecule has 0 aliphatic carbocycles. The van der Waals surface area contributed by atoms with E-state index in [1.165, 1.54) is 10.6 Å². The van der Waals surface area contributed by atoms with Crippen molar-refractivity contribution in [2.24, 2.45) is 7.05 Å². The van der Waals surface area contributed by atoms with Crippen LogP contribution in [0.5, 0.6) is 0 Å². The van der Waals surface area contributed by atoms with Crippen molar-refractivity contribution in [3.05, 3.63) is 61.9 Å². The first-order chi connectivity index (χ1) is 8.97. The highest BCUT2D eigenvalue weighted by Crippen LogP contribution is 2.26. The molecular weight excluding hydrogens is 332 g/mol. The van der Waals surface area contributed by atoms with E-state index < -0.39 is 0 Å². The van der Waals surface area contributed by atoms with Crippen molar-refractivity contribution in [3.63, 3.8) is 0 Å². The molecule has 0 radical (unpaired) electrons. The molecule has 0 bridgehead atoms. The molecule has 1 amide bonds. The summed E-state index contributed by atoms with van der Waals surface area (Å²) in [5, 5.41) is 3.28. The molecule has 0 atom stereocenters. The summed E-state index contributed by atoms with van der Waals surface area (Å²) >= 11 is 9.13. The minimum atomic E-state index is -0.347. The number of anilines is 1. The number of rotatable bonds is 2. The van der Waals surface area contributed by atoms with Crippen molar-refractivity contribution in [2.75, 3.05) is 5.32 Å². The average Bonchev–Trinajstić information content (AvgIpc) is 2.36. The number of aryl methyl sites for hydroxylation is 1. The van der Waals surface area contributed by atoms with Crippen molar-refractivity contribution in [1.82, 2.24) is 4.57 Å². The molecule has 6 heteroatoms. The van der Waals surface area contributed by atoms with Gasteiger partial charge in [-0.15, -0.1) is 0 Å². The van der Waals surface area contributed by atoms with Crippen LogP contribution in [0.3, 0.4) is 0 Å². The Morgan fingerprint density at radius 2 is 2.05 bits per heavy atom. The van der Waals surface area contributed by atoms with Crippen LogP contribution in [0.25, 0.3) is 0 Å². The number of carbonyl (C=O) groups is 1. The van der Waals surface area contributed by atoms with Crippen molar-refractivity contribution in [3.8, 4) is 0 Å². The third-order valence-corrected chi connectivity index (χ3v) is 3.44. The number of nitrogens with one attached hydrogen (secondary N) is 1. The van der Waals surface area contributed by atoms with Gasteiger partial charge in [-0.05, 0) is 40.2 Å². The molecule has 4 nitrogen and oxygen atoms in total. The van der Waals surface area contributed by atoms with Gasteiger partial charge in [-0.1, -0.05) is 11.6 Å². The van der Waals surface area contributed by atoms with Crippen LogP contribution in [-0.4, -0.2) is 10.5 Å². The summed E-state index contributed by atoms with van der Waals surface area (Å²) in [6, 6.07) is 7.91. The lowest BCUT2D eigenvalue weighted by molar-refractivity contribution is 0.102. The Labute approximate surface area is 123 Å². The van der Waals surface area contributed by atoms with E-state index in [9.17, 15) is 9.59 Å². The summed E-state index contributed by atoms with van der Waals surface area (Å²) in [5.41, 5.74) is 0.669. The number of hydrogen-bond donors (Lipinski definition) is 1. The van der Waals surface area contributed by atoms with Gasteiger partial charge < -0.3 is 9.88 Å². The zero-order valence-corrected chi connectivity index (χ0v) is 12.3. The second-order valence-electron chi connectivity index (χ2n) is 3.94. The molecule has 0 saturated heterocycles. The lowest BCUT2D eigenvalue weighted by Crippen LogP contribution is -2.20. The maximum atomic E-state index is 12.0. The lowest BCUT2D eigenvalue weighted by Gasteiger charge is -2.08. The van der Waals surface area contributed by atoms with Gasteiger partial charge in [-0.25, -0.2) is 0 Å². The van der Waals surface area contributed by atoms with E-state index in [0.717, 1.165) is 0 Å². The summed E-state index contributed by atoms with van der Waals surface area (Å²) in [7, 11) is 1.62. The summed E-state index contributed by atoms with van der Waals surface area (Å²) < 4.78 is 2.08. The van der Waals surface area contributed by atoms with Gasteiger partial charge in [0, 0.05) is 34.4 Å². The molecule has 2 aromatic rings. The lowest BCUT2D eigenvalue weighted by atomic mass is 10.2. The third kappa shape index (κ3) is 3.24. The highest BCUT2D eigenvalue weighted by atomic mass is 79.9. The summed E-state index contributed by atoms with van der Waals surface area (Å²) in [4.78, 5) is 23.5. The van der Waals surface area contributed by atoms with Gasteiger partial charge in [0.05, 0.1) is 5.69 Å². The Morgan fingerprint density at radius 1 is 1.32 bits per heavy atom. The van der Waals surface area contributed by atoms with Crippen molar-refractivity contribution in [2.45, 2.75) is 0 Å². The van der Waals surface area contributed by atoms with E-state index in [1.807, 2.05) is 0 Å². The van der Waals surface area contributed by atoms with Gasteiger partial charge >= 0.3 is 0 Å². The van der Waals surface area contributed by atoms with Gasteiger partial charge in [0.25, 0.3) is 11.5 Å². The van der Waals surface area contributed by atoms with Gasteiger partial charge in [0.2, 0.25) is 0 Å². The molecule has 98 valence electrons. The van der Waals surface area contributed by atoms with Crippen LogP contribution in [0.15, 0.2) is 45.8 Å². The van der Waals surface area contributed by atoms with E-state index in [4.69, 9.17) is 11.6 Å². The van der Waals surface area contributed by atoms with Crippen molar-refractivity contribution < 1.29 is 4.79 Å². The molecule has 19 heavy (non-hydrogen) atoms. The van der Waals surface area contributed by atoms with Crippen molar-refractivity contribution >= 4 is 39.1 Å². The van der Waals surface area contributed by atoms with E-state index in [2.05, 4.69) is 21.2 Å². The van der Waals surface area contributed by atoms with Crippen LogP contribution in [0.2, 0.25) is 5.02 Å². The minimum absolute atomic E-state index is 0.233. The number of carbonyl (C=O) groups excluding carboxylic acids is 1. The average molecular weight is 342 g/mol. The second-order valence-corrected chi connectivity index (χ2v) is 5.23. The van der Waals surface area contributed by atoms with Crippen LogP contribution in [0.4, 0.5) is 5.69 Å². The number of aromatic nitrogens is 1. The number of halogens is 2. The first kappa shape index (κ1) is 13.8. The van der Waals surface area contributed by atoms with Crippen LogP contribution in [-0.2, 0) is 7.05 Å². The Bertz CT molecular complexity index is 697. The Kier molecular flexibility index (Phi) is 4.07. The summed E-state index contributed by atoms with van der Waals surface area (Å²) in [6.07, 6.45) is 1.55. The zero-order chi connectivity index (χ0) is 14.0. The van der Waals surface area contributed by atoms with Crippen molar-refractivity contribution in [1.29, 1.82) is 0 Å². The normalized spacial score (nSPS) is 10.3. The largest absolute Gasteiger partial charge is 0.321 e. The molecule has 0 aliphatic heterocycles. The molecule has 0 spiro atoms. The number of pyridine rings is 1. The zero-order valence-electron chi connectivity index (χ0n) is 9.98. The molecule has 0 aliphatic rings. The van der Waals surface area contributed by atoms with E-state index >= 15 is 0 Å². The molecule has 2 rings (SSSR count). The smallest absolute Gasteiger partial charge is 0.255 e. The van der Waals surface area contributed by atoms with Gasteiger partial charge in [-0.3, -0.25) is 9.59 Å². The summed E-state index contributed by atoms with van der Waals surface area (Å²) in [5.74, 6) is -0.347. The van der Waals surface area contributed by atoms with E-state index in [1.54, 1.807) is 37.5 Å². The van der Waals surface area contributed by atoms with Crippen LogP contribution >= 0.6 is 27.5 Å². The topological polar surface area (TPSA) is 51.1 Å². The quantitative estimate of drug-likeness (QED) is 0.913. The highest BCUT2D eigenvalue weighted by molar-refractivity contribution is 9.10. The SMILES string of the molecule is Cn1ccc(C(=O)Nc2ccc(Cl)cc2Br)cc1=O. The molecule has 0 fully saturated rings. The van der Waals surface area contributed by atoms with Gasteiger partial charge in [0.15, 0.2) is 0 Å². The highest BCUT2D eigenvalue weighted by Gasteiger charge is 2.09. The molecule has 1 aromatic heterocycles. The minimum Gasteiger partial charge on any atom is -0.321 e. The molecule has 0 saturated carbocycles. The molecule has 0 unspecified atom stereocenters. The van der Waals surface area contributed by atoms with Crippen LogP contribution in [0.1, 0.15) is 10.4 Å². The molecule has 1 heterocycles. The number of amides is 1. The number of benzene rings is 1. The Hall–Kier alpha value is -1.59. The van der Waals surface area contributed by atoms with Crippen LogP contribution < -0.4 is 10.9 Å². The first-order valence-corrected chi connectivity index (χ1v) is 6.57. The molecule has 1 aromatic carbocycles. The molecule has 1 N–H and O–H groups in total. The second kappa shape index (κ2) is 5.59. The predicted octanol–water partition coefficient (Wildman–Crippen LogP) is 3.05. The fourth-order valence-electron chi connectivity index (χ4n) is 1.48.